The molecule has 32 heavy (non-hydrogen) atoms. The van der Waals surface area contributed by atoms with Gasteiger partial charge in [-0.15, -0.1) is 17.3 Å². The topological polar surface area (TPSA) is 61.9 Å². The maximum Gasteiger partial charge on any atom is 0.291 e. The third-order valence-electron chi connectivity index (χ3n) is 5.21. The van der Waals surface area contributed by atoms with Crippen molar-refractivity contribution in [1.29, 1.82) is 0 Å². The van der Waals surface area contributed by atoms with Gasteiger partial charge in [0.1, 0.15) is 10.5 Å². The molecule has 162 valence electrons. The van der Waals surface area contributed by atoms with E-state index in [1.165, 1.54) is 10.2 Å². The van der Waals surface area contributed by atoms with E-state index in [2.05, 4.69) is 29.1 Å². The number of allylic oxidation sites excluding steroid dienone is 4. The van der Waals surface area contributed by atoms with Crippen LogP contribution in [-0.2, 0) is 24.8 Å². The van der Waals surface area contributed by atoms with Crippen molar-refractivity contribution in [3.63, 3.8) is 0 Å². The second-order valence-corrected chi connectivity index (χ2v) is 8.51. The average Bonchev–Trinajstić information content (AvgIpc) is 3.32. The largest absolute Gasteiger partial charge is 0.501 e. The number of benzene rings is 1. The second-order valence-electron chi connectivity index (χ2n) is 7.42. The summed E-state index contributed by atoms with van der Waals surface area (Å²) in [6.07, 6.45) is 6.18. The van der Waals surface area contributed by atoms with Gasteiger partial charge in [0.15, 0.2) is 5.65 Å². The monoisotopic (exact) mass is 444 g/mol. The molecule has 0 saturated carbocycles. The van der Waals surface area contributed by atoms with Gasteiger partial charge < -0.3 is 9.30 Å². The summed E-state index contributed by atoms with van der Waals surface area (Å²) in [5, 5.41) is 6.31. The van der Waals surface area contributed by atoms with Crippen molar-refractivity contribution in [1.82, 2.24) is 19.3 Å². The molecular weight excluding hydrogens is 420 g/mol. The van der Waals surface area contributed by atoms with Gasteiger partial charge in [-0.05, 0) is 37.1 Å². The molecule has 6 nitrogen and oxygen atoms in total. The maximum atomic E-state index is 13.3. The zero-order valence-corrected chi connectivity index (χ0v) is 19.4. The molecule has 0 aliphatic carbocycles. The Bertz CT molecular complexity index is 1460. The lowest BCUT2D eigenvalue weighted by Gasteiger charge is -2.07. The highest BCUT2D eigenvalue weighted by atomic mass is 32.1. The molecule has 0 saturated heterocycles. The number of aromatic nitrogens is 4. The van der Waals surface area contributed by atoms with E-state index in [9.17, 15) is 4.79 Å². The number of hydrogen-bond donors (Lipinski definition) is 0. The van der Waals surface area contributed by atoms with Crippen molar-refractivity contribution < 1.29 is 4.74 Å². The highest BCUT2D eigenvalue weighted by molar-refractivity contribution is 7.19. The highest BCUT2D eigenvalue weighted by Crippen LogP contribution is 2.31. The Morgan fingerprint density at radius 1 is 1.28 bits per heavy atom. The number of methoxy groups -OCH3 is 1. The summed E-state index contributed by atoms with van der Waals surface area (Å²) in [7, 11) is 3.50. The van der Waals surface area contributed by atoms with E-state index in [0.717, 1.165) is 38.5 Å². The molecule has 4 aromatic rings. The van der Waals surface area contributed by atoms with Crippen LogP contribution in [0.3, 0.4) is 0 Å². The number of fused-ring (bicyclic) bond motifs is 3. The van der Waals surface area contributed by atoms with Gasteiger partial charge >= 0.3 is 0 Å². The summed E-state index contributed by atoms with van der Waals surface area (Å²) in [4.78, 5) is 18.1. The molecule has 0 fully saturated rings. The predicted octanol–water partition coefficient (Wildman–Crippen LogP) is 4.44. The fourth-order valence-electron chi connectivity index (χ4n) is 3.58. The SMILES string of the molecule is CC#C/C=C(\C=C(/C)OC)Cn1ncc2c3sc(Cc4ccccc4)nc3n(C)c2c1=O. The third-order valence-corrected chi connectivity index (χ3v) is 6.29. The molecule has 0 N–H and O–H groups in total. The van der Waals surface area contributed by atoms with Crippen molar-refractivity contribution in [2.75, 3.05) is 7.11 Å². The highest BCUT2D eigenvalue weighted by Gasteiger charge is 2.18. The van der Waals surface area contributed by atoms with Gasteiger partial charge in [-0.2, -0.15) is 5.10 Å². The van der Waals surface area contributed by atoms with Gasteiger partial charge in [-0.1, -0.05) is 36.3 Å². The van der Waals surface area contributed by atoms with E-state index in [1.54, 1.807) is 37.6 Å². The van der Waals surface area contributed by atoms with Gasteiger partial charge in [0.2, 0.25) is 0 Å². The van der Waals surface area contributed by atoms with Crippen molar-refractivity contribution in [3.05, 3.63) is 80.9 Å². The number of thiazole rings is 1. The molecule has 1 aromatic carbocycles. The van der Waals surface area contributed by atoms with Crippen molar-refractivity contribution in [2.45, 2.75) is 26.8 Å². The van der Waals surface area contributed by atoms with Crippen LogP contribution in [0.15, 0.2) is 64.8 Å². The van der Waals surface area contributed by atoms with E-state index >= 15 is 0 Å². The first-order valence-electron chi connectivity index (χ1n) is 10.2. The van der Waals surface area contributed by atoms with Crippen LogP contribution in [0.5, 0.6) is 0 Å². The van der Waals surface area contributed by atoms with E-state index < -0.39 is 0 Å². The number of hydrogen-bond acceptors (Lipinski definition) is 5. The Labute approximate surface area is 190 Å². The lowest BCUT2D eigenvalue weighted by Crippen LogP contribution is -2.24. The zero-order valence-electron chi connectivity index (χ0n) is 18.5. The minimum atomic E-state index is -0.154. The predicted molar refractivity (Wildman–Crippen MR) is 130 cm³/mol. The van der Waals surface area contributed by atoms with Crippen LogP contribution >= 0.6 is 11.3 Å². The van der Waals surface area contributed by atoms with Crippen LogP contribution in [0.25, 0.3) is 21.3 Å². The lowest BCUT2D eigenvalue weighted by molar-refractivity contribution is 0.293. The Morgan fingerprint density at radius 2 is 2.06 bits per heavy atom. The average molecular weight is 445 g/mol. The zero-order chi connectivity index (χ0) is 22.7. The van der Waals surface area contributed by atoms with Gasteiger partial charge in [0.25, 0.3) is 5.56 Å². The summed E-state index contributed by atoms with van der Waals surface area (Å²) < 4.78 is 9.58. The first-order valence-corrected chi connectivity index (χ1v) is 11.0. The number of ether oxygens (including phenoxy) is 1. The molecule has 0 radical (unpaired) electrons. The number of aryl methyl sites for hydroxylation is 1. The second kappa shape index (κ2) is 9.25. The van der Waals surface area contributed by atoms with Crippen molar-refractivity contribution in [3.8, 4) is 11.8 Å². The number of rotatable bonds is 6. The normalized spacial score (nSPS) is 12.2. The lowest BCUT2D eigenvalue weighted by atomic mass is 10.2. The summed E-state index contributed by atoms with van der Waals surface area (Å²) in [6, 6.07) is 10.3. The van der Waals surface area contributed by atoms with E-state index in [4.69, 9.17) is 9.72 Å². The Hall–Kier alpha value is -3.63. The quantitative estimate of drug-likeness (QED) is 0.251. The Balaban J connectivity index is 1.74. The van der Waals surface area contributed by atoms with Crippen molar-refractivity contribution in [2.24, 2.45) is 7.05 Å². The third kappa shape index (κ3) is 4.23. The van der Waals surface area contributed by atoms with Gasteiger partial charge in [0.05, 0.1) is 30.3 Å². The Kier molecular flexibility index (Phi) is 6.24. The van der Waals surface area contributed by atoms with Crippen molar-refractivity contribution >= 4 is 32.6 Å². The van der Waals surface area contributed by atoms with Crippen LogP contribution in [0.1, 0.15) is 24.4 Å². The molecule has 0 bridgehead atoms. The standard InChI is InChI=1S/C25H24N4O2S/c1-5-6-10-19(13-17(2)31-4)16-29-25(30)22-20(15-26-29)23-24(28(22)3)27-21(32-23)14-18-11-8-7-9-12-18/h7-13,15H,14,16H2,1-4H3/b17-13+,19-10+. The van der Waals surface area contributed by atoms with Gasteiger partial charge in [-0.3, -0.25) is 4.79 Å². The molecule has 3 heterocycles. The van der Waals surface area contributed by atoms with Crippen LogP contribution in [-0.4, -0.2) is 26.4 Å². The summed E-state index contributed by atoms with van der Waals surface area (Å²) >= 11 is 1.62. The van der Waals surface area contributed by atoms with E-state index in [1.807, 2.05) is 42.8 Å². The molecule has 0 amide bonds. The molecule has 0 atom stereocenters. The van der Waals surface area contributed by atoms with Gasteiger partial charge in [-0.25, -0.2) is 9.67 Å². The van der Waals surface area contributed by atoms with Crippen LogP contribution in [0.4, 0.5) is 0 Å². The van der Waals surface area contributed by atoms with E-state index in [0.29, 0.717) is 12.1 Å². The molecular formula is C25H24N4O2S. The summed E-state index contributed by atoms with van der Waals surface area (Å²) in [6.45, 7) is 3.93. The molecule has 3 aromatic heterocycles. The van der Waals surface area contributed by atoms with Gasteiger partial charge in [0, 0.05) is 18.9 Å². The maximum absolute atomic E-state index is 13.3. The number of nitrogens with zero attached hydrogens (tertiary/aromatic N) is 4. The Morgan fingerprint density at radius 3 is 2.78 bits per heavy atom. The molecule has 0 unspecified atom stereocenters. The summed E-state index contributed by atoms with van der Waals surface area (Å²) in [5.41, 5.74) is 3.32. The van der Waals surface area contributed by atoms with E-state index in [-0.39, 0.29) is 5.56 Å². The molecule has 0 spiro atoms. The summed E-state index contributed by atoms with van der Waals surface area (Å²) in [5.74, 6) is 6.52. The minimum Gasteiger partial charge on any atom is -0.501 e. The fourth-order valence-corrected chi connectivity index (χ4v) is 4.72. The van der Waals surface area contributed by atoms with Crippen LogP contribution in [0.2, 0.25) is 0 Å². The first kappa shape index (κ1) is 21.6. The fraction of sp³-hybridized carbons (Fsp3) is 0.240. The molecule has 0 aliphatic heterocycles. The van der Waals surface area contributed by atoms with Crippen LogP contribution in [0, 0.1) is 11.8 Å². The smallest absolute Gasteiger partial charge is 0.291 e. The first-order chi connectivity index (χ1) is 15.5. The molecule has 0 aliphatic rings. The molecule has 7 heteroatoms. The van der Waals surface area contributed by atoms with Crippen LogP contribution < -0.4 is 5.56 Å². The molecule has 4 rings (SSSR count). The minimum absolute atomic E-state index is 0.154.